The molecule has 1 aliphatic rings. The quantitative estimate of drug-likeness (QED) is 0.588. The van der Waals surface area contributed by atoms with Gasteiger partial charge >= 0.3 is 0 Å². The SMILES string of the molecule is Cc1ccc(N2CCC2)cc1. The molecule has 0 amide bonds. The van der Waals surface area contributed by atoms with Gasteiger partial charge in [0.2, 0.25) is 0 Å². The number of nitrogens with zero attached hydrogens (tertiary/aromatic N) is 1. The lowest BCUT2D eigenvalue weighted by Crippen LogP contribution is -2.36. The minimum absolute atomic E-state index is 1.24. The van der Waals surface area contributed by atoms with Crippen molar-refractivity contribution in [3.05, 3.63) is 29.8 Å². The standard InChI is InChI=1S/C10H13N/c1-9-3-5-10(6-4-9)11-7-2-8-11/h3-6H,2,7-8H2,1H3. The summed E-state index contributed by atoms with van der Waals surface area (Å²) in [6.45, 7) is 4.60. The molecule has 1 aromatic rings. The van der Waals surface area contributed by atoms with E-state index in [1.54, 1.807) is 0 Å². The molecule has 0 aromatic heterocycles. The molecule has 1 heteroatoms. The van der Waals surface area contributed by atoms with Crippen LogP contribution in [0.5, 0.6) is 0 Å². The summed E-state index contributed by atoms with van der Waals surface area (Å²) < 4.78 is 0. The molecule has 1 aromatic carbocycles. The van der Waals surface area contributed by atoms with Crippen LogP contribution < -0.4 is 4.90 Å². The number of aryl methyl sites for hydroxylation is 1. The molecule has 1 heterocycles. The zero-order valence-electron chi connectivity index (χ0n) is 6.88. The first-order chi connectivity index (χ1) is 5.36. The van der Waals surface area contributed by atoms with Gasteiger partial charge in [0.15, 0.2) is 0 Å². The zero-order chi connectivity index (χ0) is 7.68. The highest BCUT2D eigenvalue weighted by Crippen LogP contribution is 2.20. The van der Waals surface area contributed by atoms with E-state index < -0.39 is 0 Å². The molecule has 0 atom stereocenters. The molecule has 0 bridgehead atoms. The molecule has 1 fully saturated rings. The fourth-order valence-corrected chi connectivity index (χ4v) is 1.33. The van der Waals surface area contributed by atoms with E-state index >= 15 is 0 Å². The average molecular weight is 147 g/mol. The Balaban J connectivity index is 2.18. The molecule has 58 valence electrons. The van der Waals surface area contributed by atoms with E-state index in [4.69, 9.17) is 0 Å². The predicted molar refractivity (Wildman–Crippen MR) is 48.0 cm³/mol. The first-order valence-electron chi connectivity index (χ1n) is 4.18. The Hall–Kier alpha value is -0.980. The highest BCUT2D eigenvalue weighted by molar-refractivity contribution is 5.49. The summed E-state index contributed by atoms with van der Waals surface area (Å²) in [4.78, 5) is 2.40. The molecule has 1 saturated heterocycles. The average Bonchev–Trinajstić information content (AvgIpc) is 1.90. The van der Waals surface area contributed by atoms with Gasteiger partial charge in [-0.1, -0.05) is 17.7 Å². The molecule has 0 spiro atoms. The Morgan fingerprint density at radius 1 is 1.09 bits per heavy atom. The van der Waals surface area contributed by atoms with Crippen LogP contribution in [0.4, 0.5) is 5.69 Å². The lowest BCUT2D eigenvalue weighted by Gasteiger charge is -2.33. The highest BCUT2D eigenvalue weighted by atomic mass is 15.2. The normalized spacial score (nSPS) is 16.3. The lowest BCUT2D eigenvalue weighted by molar-refractivity contribution is 0.618. The summed E-state index contributed by atoms with van der Waals surface area (Å²) in [6, 6.07) is 8.75. The Bertz CT molecular complexity index is 234. The first-order valence-corrected chi connectivity index (χ1v) is 4.18. The van der Waals surface area contributed by atoms with Gasteiger partial charge in [-0.2, -0.15) is 0 Å². The van der Waals surface area contributed by atoms with Gasteiger partial charge in [0.1, 0.15) is 0 Å². The second-order valence-corrected chi connectivity index (χ2v) is 3.18. The summed E-state index contributed by atoms with van der Waals surface area (Å²) in [5, 5.41) is 0. The van der Waals surface area contributed by atoms with Crippen molar-refractivity contribution < 1.29 is 0 Å². The zero-order valence-corrected chi connectivity index (χ0v) is 6.88. The van der Waals surface area contributed by atoms with Crippen LogP contribution in [0.25, 0.3) is 0 Å². The fourth-order valence-electron chi connectivity index (χ4n) is 1.33. The third-order valence-electron chi connectivity index (χ3n) is 2.26. The molecule has 0 aliphatic carbocycles. The molecule has 0 radical (unpaired) electrons. The third-order valence-corrected chi connectivity index (χ3v) is 2.26. The van der Waals surface area contributed by atoms with E-state index in [1.165, 1.54) is 30.8 Å². The van der Waals surface area contributed by atoms with Gasteiger partial charge in [-0.25, -0.2) is 0 Å². The molecule has 1 nitrogen and oxygen atoms in total. The van der Waals surface area contributed by atoms with E-state index in [2.05, 4.69) is 36.1 Å². The Morgan fingerprint density at radius 3 is 2.18 bits per heavy atom. The Labute approximate surface area is 67.6 Å². The van der Waals surface area contributed by atoms with E-state index in [0.717, 1.165) is 0 Å². The van der Waals surface area contributed by atoms with Crippen LogP contribution in [-0.4, -0.2) is 13.1 Å². The van der Waals surface area contributed by atoms with Gasteiger partial charge in [0.25, 0.3) is 0 Å². The predicted octanol–water partition coefficient (Wildman–Crippen LogP) is 2.21. The molecular weight excluding hydrogens is 134 g/mol. The van der Waals surface area contributed by atoms with E-state index in [-0.39, 0.29) is 0 Å². The van der Waals surface area contributed by atoms with Gasteiger partial charge < -0.3 is 4.90 Å². The Morgan fingerprint density at radius 2 is 1.73 bits per heavy atom. The molecule has 2 rings (SSSR count). The maximum atomic E-state index is 2.40. The van der Waals surface area contributed by atoms with Crippen molar-refractivity contribution in [2.75, 3.05) is 18.0 Å². The molecular formula is C10H13N. The Kier molecular flexibility index (Phi) is 1.57. The van der Waals surface area contributed by atoms with Crippen molar-refractivity contribution in [2.45, 2.75) is 13.3 Å². The third kappa shape index (κ3) is 1.23. The number of hydrogen-bond acceptors (Lipinski definition) is 1. The molecule has 0 N–H and O–H groups in total. The van der Waals surface area contributed by atoms with Gasteiger partial charge in [-0.3, -0.25) is 0 Å². The summed E-state index contributed by atoms with van der Waals surface area (Å²) >= 11 is 0. The lowest BCUT2D eigenvalue weighted by atomic mass is 10.1. The van der Waals surface area contributed by atoms with Gasteiger partial charge in [0, 0.05) is 18.8 Å². The molecule has 0 unspecified atom stereocenters. The van der Waals surface area contributed by atoms with Crippen LogP contribution in [0.3, 0.4) is 0 Å². The van der Waals surface area contributed by atoms with Crippen molar-refractivity contribution in [2.24, 2.45) is 0 Å². The largest absolute Gasteiger partial charge is 0.371 e. The topological polar surface area (TPSA) is 3.24 Å². The fraction of sp³-hybridized carbons (Fsp3) is 0.400. The summed E-state index contributed by atoms with van der Waals surface area (Å²) in [7, 11) is 0. The summed E-state index contributed by atoms with van der Waals surface area (Å²) in [5.41, 5.74) is 2.72. The summed E-state index contributed by atoms with van der Waals surface area (Å²) in [6.07, 6.45) is 1.36. The maximum Gasteiger partial charge on any atom is 0.0366 e. The maximum absolute atomic E-state index is 2.40. The number of anilines is 1. The van der Waals surface area contributed by atoms with Crippen LogP contribution in [0.15, 0.2) is 24.3 Å². The smallest absolute Gasteiger partial charge is 0.0366 e. The number of hydrogen-bond donors (Lipinski definition) is 0. The van der Waals surface area contributed by atoms with Crippen molar-refractivity contribution in [1.29, 1.82) is 0 Å². The highest BCUT2D eigenvalue weighted by Gasteiger charge is 2.12. The first kappa shape index (κ1) is 6.71. The monoisotopic (exact) mass is 147 g/mol. The van der Waals surface area contributed by atoms with Crippen LogP contribution in [0.2, 0.25) is 0 Å². The van der Waals surface area contributed by atoms with Crippen LogP contribution in [0.1, 0.15) is 12.0 Å². The minimum atomic E-state index is 1.24. The molecule has 0 saturated carbocycles. The second kappa shape index (κ2) is 2.57. The van der Waals surface area contributed by atoms with Gasteiger partial charge in [-0.05, 0) is 25.5 Å². The van der Waals surface area contributed by atoms with Gasteiger partial charge in [-0.15, -0.1) is 0 Å². The van der Waals surface area contributed by atoms with Crippen molar-refractivity contribution in [1.82, 2.24) is 0 Å². The van der Waals surface area contributed by atoms with Crippen LogP contribution >= 0.6 is 0 Å². The second-order valence-electron chi connectivity index (χ2n) is 3.18. The van der Waals surface area contributed by atoms with Crippen molar-refractivity contribution in [3.8, 4) is 0 Å². The van der Waals surface area contributed by atoms with E-state index in [0.29, 0.717) is 0 Å². The van der Waals surface area contributed by atoms with E-state index in [1.807, 2.05) is 0 Å². The molecule has 1 aliphatic heterocycles. The minimum Gasteiger partial charge on any atom is -0.371 e. The van der Waals surface area contributed by atoms with Gasteiger partial charge in [0.05, 0.1) is 0 Å². The number of benzene rings is 1. The van der Waals surface area contributed by atoms with Crippen LogP contribution in [0, 0.1) is 6.92 Å². The molecule has 11 heavy (non-hydrogen) atoms. The summed E-state index contributed by atoms with van der Waals surface area (Å²) in [5.74, 6) is 0. The number of rotatable bonds is 1. The van der Waals surface area contributed by atoms with Crippen molar-refractivity contribution in [3.63, 3.8) is 0 Å². The van der Waals surface area contributed by atoms with Crippen LogP contribution in [-0.2, 0) is 0 Å². The van der Waals surface area contributed by atoms with E-state index in [9.17, 15) is 0 Å². The van der Waals surface area contributed by atoms with Crippen molar-refractivity contribution >= 4 is 5.69 Å².